The molecule has 0 radical (unpaired) electrons. The summed E-state index contributed by atoms with van der Waals surface area (Å²) in [6.07, 6.45) is 4.23. The van der Waals surface area contributed by atoms with Crippen LogP contribution in [0.4, 0.5) is 0 Å². The fourth-order valence-electron chi connectivity index (χ4n) is 1.96. The van der Waals surface area contributed by atoms with Gasteiger partial charge in [-0.05, 0) is 25.9 Å². The van der Waals surface area contributed by atoms with E-state index in [2.05, 4.69) is 9.89 Å². The number of piperidine rings is 1. The molecule has 0 spiro atoms. The summed E-state index contributed by atoms with van der Waals surface area (Å²) in [7, 11) is 0. The van der Waals surface area contributed by atoms with Crippen molar-refractivity contribution >= 4 is 6.02 Å². The summed E-state index contributed by atoms with van der Waals surface area (Å²) in [5.41, 5.74) is 5.44. The Balaban J connectivity index is 1.72. The van der Waals surface area contributed by atoms with E-state index in [1.54, 1.807) is 0 Å². The lowest BCUT2D eigenvalue weighted by molar-refractivity contribution is 0.129. The van der Waals surface area contributed by atoms with Crippen molar-refractivity contribution in [3.05, 3.63) is 0 Å². The molecular formula is C9H17N3O. The fraction of sp³-hybridized carbons (Fsp3) is 0.889. The number of nitrogens with two attached hydrogens (primary N) is 1. The molecule has 0 aromatic carbocycles. The minimum atomic E-state index is 0.207. The summed E-state index contributed by atoms with van der Waals surface area (Å²) in [5, 5.41) is 0. The van der Waals surface area contributed by atoms with Crippen LogP contribution in [-0.2, 0) is 4.74 Å². The zero-order valence-electron chi connectivity index (χ0n) is 7.91. The Kier molecular flexibility index (Phi) is 2.68. The van der Waals surface area contributed by atoms with Gasteiger partial charge in [-0.25, -0.2) is 4.99 Å². The maximum Gasteiger partial charge on any atom is 0.282 e. The molecule has 1 fully saturated rings. The third-order valence-corrected chi connectivity index (χ3v) is 2.65. The first-order chi connectivity index (χ1) is 6.34. The molecule has 0 amide bonds. The monoisotopic (exact) mass is 183 g/mol. The van der Waals surface area contributed by atoms with Crippen LogP contribution in [0.2, 0.25) is 0 Å². The van der Waals surface area contributed by atoms with E-state index < -0.39 is 0 Å². The third-order valence-electron chi connectivity index (χ3n) is 2.65. The first-order valence-electron chi connectivity index (χ1n) is 5.03. The number of hydrogen-bond donors (Lipinski definition) is 1. The average Bonchev–Trinajstić information content (AvgIpc) is 2.53. The van der Waals surface area contributed by atoms with Crippen molar-refractivity contribution in [3.63, 3.8) is 0 Å². The molecule has 2 rings (SSSR count). The summed E-state index contributed by atoms with van der Waals surface area (Å²) >= 11 is 0. The van der Waals surface area contributed by atoms with Crippen LogP contribution in [0, 0.1) is 0 Å². The lowest BCUT2D eigenvalue weighted by atomic mass is 10.1. The van der Waals surface area contributed by atoms with Gasteiger partial charge < -0.3 is 10.5 Å². The quantitative estimate of drug-likeness (QED) is 0.664. The number of aliphatic imine (C=N–C) groups is 1. The van der Waals surface area contributed by atoms with E-state index in [0.717, 1.165) is 13.1 Å². The van der Waals surface area contributed by atoms with Crippen LogP contribution >= 0.6 is 0 Å². The lowest BCUT2D eigenvalue weighted by Gasteiger charge is -2.28. The number of ether oxygens (including phenoxy) is 1. The first kappa shape index (κ1) is 8.81. The molecule has 2 aliphatic rings. The zero-order valence-corrected chi connectivity index (χ0v) is 7.91. The van der Waals surface area contributed by atoms with Crippen LogP contribution in [0.15, 0.2) is 4.99 Å². The van der Waals surface area contributed by atoms with Gasteiger partial charge in [0, 0.05) is 6.54 Å². The SMILES string of the molecule is NC1=NC[C@@H](CN2CCCCC2)O1. The van der Waals surface area contributed by atoms with Gasteiger partial charge in [-0.3, -0.25) is 4.90 Å². The van der Waals surface area contributed by atoms with Crippen LogP contribution in [-0.4, -0.2) is 43.2 Å². The lowest BCUT2D eigenvalue weighted by Crippen LogP contribution is -2.38. The maximum atomic E-state index is 5.44. The van der Waals surface area contributed by atoms with Gasteiger partial charge in [-0.2, -0.15) is 0 Å². The molecule has 74 valence electrons. The van der Waals surface area contributed by atoms with Crippen molar-refractivity contribution in [1.29, 1.82) is 0 Å². The number of nitrogens with zero attached hydrogens (tertiary/aromatic N) is 2. The summed E-state index contributed by atoms with van der Waals surface area (Å²) in [4.78, 5) is 6.48. The van der Waals surface area contributed by atoms with Crippen LogP contribution in [0.25, 0.3) is 0 Å². The molecule has 0 aromatic rings. The van der Waals surface area contributed by atoms with E-state index in [-0.39, 0.29) is 6.10 Å². The van der Waals surface area contributed by atoms with Gasteiger partial charge in [-0.1, -0.05) is 6.42 Å². The van der Waals surface area contributed by atoms with E-state index in [4.69, 9.17) is 10.5 Å². The largest absolute Gasteiger partial charge is 0.459 e. The fourth-order valence-corrected chi connectivity index (χ4v) is 1.96. The molecule has 2 N–H and O–H groups in total. The molecule has 13 heavy (non-hydrogen) atoms. The number of amidine groups is 1. The number of hydrogen-bond acceptors (Lipinski definition) is 4. The standard InChI is InChI=1S/C9H17N3O/c10-9-11-6-8(13-9)7-12-4-2-1-3-5-12/h8H,1-7H2,(H2,10,11)/t8-/m0/s1. The van der Waals surface area contributed by atoms with E-state index in [1.165, 1.54) is 32.4 Å². The molecule has 0 bridgehead atoms. The van der Waals surface area contributed by atoms with Gasteiger partial charge in [0.2, 0.25) is 0 Å². The van der Waals surface area contributed by atoms with Gasteiger partial charge in [0.25, 0.3) is 6.02 Å². The highest BCUT2D eigenvalue weighted by atomic mass is 16.5. The summed E-state index contributed by atoms with van der Waals surface area (Å²) in [6.45, 7) is 4.14. The second-order valence-electron chi connectivity index (χ2n) is 3.78. The minimum absolute atomic E-state index is 0.207. The van der Waals surface area contributed by atoms with Crippen LogP contribution in [0.3, 0.4) is 0 Å². The molecule has 1 saturated heterocycles. The van der Waals surface area contributed by atoms with Crippen molar-refractivity contribution in [2.45, 2.75) is 25.4 Å². The summed E-state index contributed by atoms with van der Waals surface area (Å²) in [6, 6.07) is 0.363. The van der Waals surface area contributed by atoms with Gasteiger partial charge in [0.15, 0.2) is 0 Å². The molecule has 2 heterocycles. The summed E-state index contributed by atoms with van der Waals surface area (Å²) in [5.74, 6) is 0. The topological polar surface area (TPSA) is 50.8 Å². The molecule has 4 heteroatoms. The molecule has 1 atom stereocenters. The Bertz CT molecular complexity index is 199. The van der Waals surface area contributed by atoms with Gasteiger partial charge >= 0.3 is 0 Å². The van der Waals surface area contributed by atoms with Crippen molar-refractivity contribution < 1.29 is 4.74 Å². The van der Waals surface area contributed by atoms with E-state index >= 15 is 0 Å². The van der Waals surface area contributed by atoms with Crippen molar-refractivity contribution in [2.75, 3.05) is 26.2 Å². The maximum absolute atomic E-state index is 5.44. The Morgan fingerprint density at radius 1 is 1.38 bits per heavy atom. The van der Waals surface area contributed by atoms with Crippen molar-refractivity contribution in [1.82, 2.24) is 4.90 Å². The Morgan fingerprint density at radius 3 is 2.77 bits per heavy atom. The second-order valence-corrected chi connectivity index (χ2v) is 3.78. The van der Waals surface area contributed by atoms with Crippen LogP contribution in [0.5, 0.6) is 0 Å². The molecule has 2 aliphatic heterocycles. The number of rotatable bonds is 2. The first-order valence-corrected chi connectivity index (χ1v) is 5.03. The number of likely N-dealkylation sites (tertiary alicyclic amines) is 1. The van der Waals surface area contributed by atoms with Crippen LogP contribution < -0.4 is 5.73 Å². The minimum Gasteiger partial charge on any atom is -0.459 e. The molecule has 0 aromatic heterocycles. The van der Waals surface area contributed by atoms with Gasteiger partial charge in [-0.15, -0.1) is 0 Å². The highest BCUT2D eigenvalue weighted by Gasteiger charge is 2.21. The molecule has 4 nitrogen and oxygen atoms in total. The van der Waals surface area contributed by atoms with Crippen molar-refractivity contribution in [2.24, 2.45) is 10.7 Å². The van der Waals surface area contributed by atoms with E-state index in [1.807, 2.05) is 0 Å². The van der Waals surface area contributed by atoms with E-state index in [0.29, 0.717) is 6.02 Å². The zero-order chi connectivity index (χ0) is 9.10. The Hall–Kier alpha value is -0.770. The third kappa shape index (κ3) is 2.34. The van der Waals surface area contributed by atoms with E-state index in [9.17, 15) is 0 Å². The van der Waals surface area contributed by atoms with Crippen molar-refractivity contribution in [3.8, 4) is 0 Å². The molecule has 0 saturated carbocycles. The molecule has 0 aliphatic carbocycles. The second kappa shape index (κ2) is 3.96. The highest BCUT2D eigenvalue weighted by Crippen LogP contribution is 2.11. The Labute approximate surface area is 78.8 Å². The Morgan fingerprint density at radius 2 is 2.15 bits per heavy atom. The molecular weight excluding hydrogens is 166 g/mol. The van der Waals surface area contributed by atoms with Gasteiger partial charge in [0.05, 0.1) is 6.54 Å². The predicted molar refractivity (Wildman–Crippen MR) is 51.7 cm³/mol. The molecule has 0 unspecified atom stereocenters. The summed E-state index contributed by atoms with van der Waals surface area (Å²) < 4.78 is 5.35. The normalized spacial score (nSPS) is 29.8. The average molecular weight is 183 g/mol. The highest BCUT2D eigenvalue weighted by molar-refractivity contribution is 5.73. The predicted octanol–water partition coefficient (Wildman–Crippen LogP) is 0.186. The smallest absolute Gasteiger partial charge is 0.282 e. The van der Waals surface area contributed by atoms with Crippen LogP contribution in [0.1, 0.15) is 19.3 Å². The van der Waals surface area contributed by atoms with Gasteiger partial charge in [0.1, 0.15) is 6.10 Å².